The van der Waals surface area contributed by atoms with Gasteiger partial charge in [0.05, 0.1) is 6.10 Å². The number of aliphatic carboxylic acids is 1. The molecular formula is C15H21NO5. The van der Waals surface area contributed by atoms with E-state index in [0.717, 1.165) is 5.56 Å². The minimum atomic E-state index is -1.42. The first-order valence-corrected chi connectivity index (χ1v) is 6.60. The van der Waals surface area contributed by atoms with Crippen LogP contribution in [0.4, 0.5) is 4.79 Å². The third-order valence-electron chi connectivity index (χ3n) is 2.96. The second-order valence-corrected chi connectivity index (χ2v) is 5.83. The minimum Gasteiger partial charge on any atom is -0.480 e. The van der Waals surface area contributed by atoms with Crippen molar-refractivity contribution in [1.29, 1.82) is 0 Å². The van der Waals surface area contributed by atoms with Crippen molar-refractivity contribution in [3.8, 4) is 0 Å². The van der Waals surface area contributed by atoms with Gasteiger partial charge in [0.25, 0.3) is 0 Å². The van der Waals surface area contributed by atoms with Gasteiger partial charge in [-0.25, -0.2) is 9.59 Å². The molecule has 0 saturated carbocycles. The number of amides is 1. The van der Waals surface area contributed by atoms with Crippen LogP contribution < -0.4 is 5.32 Å². The highest BCUT2D eigenvalue weighted by molar-refractivity contribution is 5.80. The van der Waals surface area contributed by atoms with E-state index >= 15 is 0 Å². The van der Waals surface area contributed by atoms with Crippen LogP contribution in [-0.4, -0.2) is 34.4 Å². The Hall–Kier alpha value is -2.08. The number of ether oxygens (including phenoxy) is 1. The predicted octanol–water partition coefficient (Wildman–Crippen LogP) is 1.77. The van der Waals surface area contributed by atoms with E-state index in [-0.39, 0.29) is 6.61 Å². The van der Waals surface area contributed by atoms with Crippen LogP contribution in [0.15, 0.2) is 30.3 Å². The van der Waals surface area contributed by atoms with E-state index in [0.29, 0.717) is 0 Å². The quantitative estimate of drug-likeness (QED) is 0.769. The number of carboxylic acids is 1. The highest BCUT2D eigenvalue weighted by Crippen LogP contribution is 2.22. The molecule has 0 fully saturated rings. The van der Waals surface area contributed by atoms with Gasteiger partial charge in [-0.05, 0) is 11.0 Å². The number of carbonyl (C=O) groups excluding carboxylic acids is 1. The van der Waals surface area contributed by atoms with Crippen molar-refractivity contribution in [3.05, 3.63) is 35.9 Å². The zero-order valence-corrected chi connectivity index (χ0v) is 12.4. The highest BCUT2D eigenvalue weighted by Gasteiger charge is 2.36. The van der Waals surface area contributed by atoms with Crippen LogP contribution in [0.3, 0.4) is 0 Å². The average Bonchev–Trinajstić information content (AvgIpc) is 2.41. The lowest BCUT2D eigenvalue weighted by Gasteiger charge is -2.30. The van der Waals surface area contributed by atoms with Crippen molar-refractivity contribution >= 4 is 12.1 Å². The smallest absolute Gasteiger partial charge is 0.408 e. The molecule has 0 aliphatic heterocycles. The molecule has 0 aliphatic rings. The molecular weight excluding hydrogens is 274 g/mol. The van der Waals surface area contributed by atoms with Crippen LogP contribution in [0.25, 0.3) is 0 Å². The fourth-order valence-corrected chi connectivity index (χ4v) is 1.67. The largest absolute Gasteiger partial charge is 0.480 e. The Bertz CT molecular complexity index is 481. The average molecular weight is 295 g/mol. The second kappa shape index (κ2) is 7.08. The maximum Gasteiger partial charge on any atom is 0.408 e. The van der Waals surface area contributed by atoms with Crippen molar-refractivity contribution in [2.45, 2.75) is 39.5 Å². The standard InChI is InChI=1S/C15H21NO5/c1-15(2,3)12(17)11(13(18)19)16-14(20)21-9-10-7-5-4-6-8-10/h4-8,11-12,17H,9H2,1-3H3,(H,16,20)(H,18,19)/t11-,12-/m1/s1. The number of hydrogen-bond acceptors (Lipinski definition) is 4. The first-order valence-electron chi connectivity index (χ1n) is 6.60. The van der Waals surface area contributed by atoms with Gasteiger partial charge in [0.15, 0.2) is 6.04 Å². The number of benzene rings is 1. The number of nitrogens with one attached hydrogen (secondary N) is 1. The Kier molecular flexibility index (Phi) is 5.72. The van der Waals surface area contributed by atoms with Gasteiger partial charge in [0.2, 0.25) is 0 Å². The van der Waals surface area contributed by atoms with Gasteiger partial charge in [-0.1, -0.05) is 51.1 Å². The Morgan fingerprint density at radius 1 is 1.24 bits per heavy atom. The summed E-state index contributed by atoms with van der Waals surface area (Å²) < 4.78 is 4.95. The Labute approximate surface area is 123 Å². The lowest BCUT2D eigenvalue weighted by atomic mass is 9.84. The zero-order valence-electron chi connectivity index (χ0n) is 12.4. The third kappa shape index (κ3) is 5.43. The number of aliphatic hydroxyl groups excluding tert-OH is 1. The molecule has 116 valence electrons. The second-order valence-electron chi connectivity index (χ2n) is 5.83. The number of rotatable bonds is 5. The topological polar surface area (TPSA) is 95.9 Å². The molecule has 0 unspecified atom stereocenters. The predicted molar refractivity (Wildman–Crippen MR) is 76.6 cm³/mol. The summed E-state index contributed by atoms with van der Waals surface area (Å²) in [5.41, 5.74) is 0.103. The Morgan fingerprint density at radius 2 is 1.81 bits per heavy atom. The van der Waals surface area contributed by atoms with E-state index < -0.39 is 29.6 Å². The summed E-state index contributed by atoms with van der Waals surface area (Å²) in [6, 6.07) is 7.59. The molecule has 0 heterocycles. The molecule has 0 radical (unpaired) electrons. The van der Waals surface area contributed by atoms with Gasteiger partial charge in [-0.3, -0.25) is 0 Å². The van der Waals surface area contributed by atoms with E-state index in [1.165, 1.54) is 0 Å². The molecule has 1 amide bonds. The summed E-state index contributed by atoms with van der Waals surface area (Å²) in [5.74, 6) is -1.31. The Balaban J connectivity index is 2.59. The number of carboxylic acid groups (broad SMARTS) is 1. The van der Waals surface area contributed by atoms with Gasteiger partial charge in [0, 0.05) is 0 Å². The van der Waals surface area contributed by atoms with E-state index in [2.05, 4.69) is 5.32 Å². The lowest BCUT2D eigenvalue weighted by Crippen LogP contribution is -2.53. The normalized spacial score (nSPS) is 14.1. The van der Waals surface area contributed by atoms with Crippen molar-refractivity contribution in [1.82, 2.24) is 5.32 Å². The molecule has 1 rings (SSSR count). The monoisotopic (exact) mass is 295 g/mol. The van der Waals surface area contributed by atoms with Crippen molar-refractivity contribution < 1.29 is 24.5 Å². The van der Waals surface area contributed by atoms with Gasteiger partial charge in [-0.2, -0.15) is 0 Å². The fourth-order valence-electron chi connectivity index (χ4n) is 1.67. The number of alkyl carbamates (subject to hydrolysis) is 1. The molecule has 0 spiro atoms. The third-order valence-corrected chi connectivity index (χ3v) is 2.96. The van der Waals surface area contributed by atoms with Gasteiger partial charge in [0.1, 0.15) is 6.61 Å². The number of aliphatic hydroxyl groups is 1. The van der Waals surface area contributed by atoms with Crippen LogP contribution in [0.1, 0.15) is 26.3 Å². The summed E-state index contributed by atoms with van der Waals surface area (Å²) in [7, 11) is 0. The van der Waals surface area contributed by atoms with Crippen LogP contribution >= 0.6 is 0 Å². The summed E-state index contributed by atoms with van der Waals surface area (Å²) in [4.78, 5) is 22.8. The van der Waals surface area contributed by atoms with E-state index in [9.17, 15) is 14.7 Å². The van der Waals surface area contributed by atoms with Crippen LogP contribution in [0.5, 0.6) is 0 Å². The molecule has 0 saturated heterocycles. The SMILES string of the molecule is CC(C)(C)[C@H](O)[C@@H](NC(=O)OCc1ccccc1)C(=O)O. The minimum absolute atomic E-state index is 0.0324. The summed E-state index contributed by atoms with van der Waals surface area (Å²) >= 11 is 0. The van der Waals surface area contributed by atoms with Crippen molar-refractivity contribution in [3.63, 3.8) is 0 Å². The number of carbonyl (C=O) groups is 2. The molecule has 6 heteroatoms. The molecule has 1 aromatic rings. The van der Waals surface area contributed by atoms with Gasteiger partial charge < -0.3 is 20.3 Å². The van der Waals surface area contributed by atoms with Crippen LogP contribution in [-0.2, 0) is 16.1 Å². The van der Waals surface area contributed by atoms with E-state index in [4.69, 9.17) is 9.84 Å². The molecule has 6 nitrogen and oxygen atoms in total. The first-order chi connectivity index (χ1) is 9.71. The van der Waals surface area contributed by atoms with Crippen LogP contribution in [0, 0.1) is 5.41 Å². The van der Waals surface area contributed by atoms with Gasteiger partial charge >= 0.3 is 12.1 Å². The summed E-state index contributed by atoms with van der Waals surface area (Å²) in [6.45, 7) is 5.09. The fraction of sp³-hybridized carbons (Fsp3) is 0.467. The lowest BCUT2D eigenvalue weighted by molar-refractivity contribution is -0.144. The highest BCUT2D eigenvalue weighted by atomic mass is 16.5. The van der Waals surface area contributed by atoms with E-state index in [1.54, 1.807) is 45.0 Å². The molecule has 3 N–H and O–H groups in total. The zero-order chi connectivity index (χ0) is 16.0. The Morgan fingerprint density at radius 3 is 2.29 bits per heavy atom. The van der Waals surface area contributed by atoms with Crippen LogP contribution in [0.2, 0.25) is 0 Å². The first kappa shape index (κ1) is 17.0. The summed E-state index contributed by atoms with van der Waals surface area (Å²) in [6.07, 6.45) is -2.12. The molecule has 0 bridgehead atoms. The molecule has 0 aliphatic carbocycles. The maximum atomic E-state index is 11.7. The molecule has 21 heavy (non-hydrogen) atoms. The van der Waals surface area contributed by atoms with Gasteiger partial charge in [-0.15, -0.1) is 0 Å². The molecule has 0 aromatic heterocycles. The molecule has 1 aromatic carbocycles. The van der Waals surface area contributed by atoms with Crippen molar-refractivity contribution in [2.24, 2.45) is 5.41 Å². The maximum absolute atomic E-state index is 11.7. The summed E-state index contributed by atoms with van der Waals surface area (Å²) in [5, 5.41) is 21.3. The number of hydrogen-bond donors (Lipinski definition) is 3. The van der Waals surface area contributed by atoms with E-state index in [1.807, 2.05) is 6.07 Å². The molecule has 2 atom stereocenters. The van der Waals surface area contributed by atoms with Crippen molar-refractivity contribution in [2.75, 3.05) is 0 Å².